The first-order valence-electron chi connectivity index (χ1n) is 13.7. The molecule has 0 saturated carbocycles. The minimum atomic E-state index is -1.03. The number of rotatable bonds is 11. The predicted molar refractivity (Wildman–Crippen MR) is 158 cm³/mol. The number of hydrogen-bond donors (Lipinski definition) is 2. The van der Waals surface area contributed by atoms with E-state index in [9.17, 15) is 4.21 Å². The maximum Gasteiger partial charge on any atom is 2.00 e. The first-order valence-corrected chi connectivity index (χ1v) is 14.8. The molecule has 3 N–H and O–H groups in total. The molecule has 1 fully saturated rings. The van der Waals surface area contributed by atoms with Crippen molar-refractivity contribution in [2.45, 2.75) is 83.9 Å². The van der Waals surface area contributed by atoms with Gasteiger partial charge in [-0.2, -0.15) is 36.8 Å². The van der Waals surface area contributed by atoms with Crippen molar-refractivity contribution in [3.8, 4) is 0 Å². The van der Waals surface area contributed by atoms with Gasteiger partial charge in [-0.1, -0.05) is 26.2 Å². The fourth-order valence-corrected chi connectivity index (χ4v) is 5.01. The standard InChI is InChI=1S/C15H26N5.C14H22NOS.U/c1-3-4-5-6-7-19-8-10-20(11-9-19)15-12-14(16)17-13(2)18-15;1-5-9-13(12-10-7-6-8-11-12)15-17(16)14(2,3)4;/h12H,1,3-11H2,2H3,(H2,16,17,18);7-8,10-11,13,15H,5,9H2,1-4H3;/q2*-1;+2. The Morgan fingerprint density at radius 1 is 1.13 bits per heavy atom. The third-order valence-corrected chi connectivity index (χ3v) is 7.91. The van der Waals surface area contributed by atoms with Gasteiger partial charge in [-0.15, -0.1) is 5.56 Å². The van der Waals surface area contributed by atoms with Crippen LogP contribution in [0.5, 0.6) is 0 Å². The van der Waals surface area contributed by atoms with Crippen LogP contribution in [0.1, 0.15) is 83.6 Å². The first kappa shape index (κ1) is 35.0. The Kier molecular flexibility index (Phi) is 17.0. The number of benzene rings is 1. The Balaban J connectivity index is 0.000000375. The van der Waals surface area contributed by atoms with Gasteiger partial charge in [0.1, 0.15) is 17.5 Å². The molecule has 1 saturated heterocycles. The molecule has 2 heterocycles. The molecule has 2 atom stereocenters. The van der Waals surface area contributed by atoms with Gasteiger partial charge >= 0.3 is 31.1 Å². The van der Waals surface area contributed by atoms with Crippen molar-refractivity contribution in [3.63, 3.8) is 0 Å². The largest absolute Gasteiger partial charge is 2.00 e. The summed E-state index contributed by atoms with van der Waals surface area (Å²) in [6.45, 7) is 19.3. The Hall–Kier alpha value is -0.978. The van der Waals surface area contributed by atoms with Crippen LogP contribution in [0.15, 0.2) is 30.3 Å². The zero-order chi connectivity index (χ0) is 27.3. The Bertz CT molecular complexity index is 912. The molecule has 0 bridgehead atoms. The van der Waals surface area contributed by atoms with E-state index in [2.05, 4.69) is 44.4 Å². The summed E-state index contributed by atoms with van der Waals surface area (Å²) in [5, 5.41) is 0. The van der Waals surface area contributed by atoms with Crippen molar-refractivity contribution in [3.05, 3.63) is 54.7 Å². The van der Waals surface area contributed by atoms with E-state index in [0.717, 1.165) is 57.1 Å². The fraction of sp³-hybridized carbons (Fsp3) is 0.621. The van der Waals surface area contributed by atoms with Gasteiger partial charge in [0.15, 0.2) is 0 Å². The van der Waals surface area contributed by atoms with Crippen LogP contribution in [0.25, 0.3) is 0 Å². The van der Waals surface area contributed by atoms with Crippen LogP contribution < -0.4 is 15.4 Å². The van der Waals surface area contributed by atoms with Crippen LogP contribution in [0.3, 0.4) is 0 Å². The number of piperazine rings is 1. The normalized spacial score (nSPS) is 15.7. The minimum absolute atomic E-state index is 0. The second-order valence-corrected chi connectivity index (χ2v) is 12.6. The maximum atomic E-state index is 12.1. The molecule has 1 aromatic carbocycles. The fourth-order valence-electron chi connectivity index (χ4n) is 4.15. The van der Waals surface area contributed by atoms with Crippen molar-refractivity contribution >= 4 is 22.6 Å². The van der Waals surface area contributed by atoms with E-state index in [1.54, 1.807) is 0 Å². The van der Waals surface area contributed by atoms with E-state index in [1.165, 1.54) is 31.4 Å². The zero-order valence-electron chi connectivity index (χ0n) is 24.1. The predicted octanol–water partition coefficient (Wildman–Crippen LogP) is 5.26. The van der Waals surface area contributed by atoms with E-state index >= 15 is 0 Å². The van der Waals surface area contributed by atoms with Crippen molar-refractivity contribution in [2.24, 2.45) is 0 Å². The summed E-state index contributed by atoms with van der Waals surface area (Å²) >= 11 is 0. The monoisotopic (exact) mass is 766 g/mol. The van der Waals surface area contributed by atoms with Crippen molar-refractivity contribution < 1.29 is 35.3 Å². The van der Waals surface area contributed by atoms with E-state index in [4.69, 9.17) is 5.73 Å². The minimum Gasteiger partial charge on any atom is -0.384 e. The molecule has 0 spiro atoms. The summed E-state index contributed by atoms with van der Waals surface area (Å²) < 4.78 is 15.1. The number of nitrogens with one attached hydrogen (secondary N) is 1. The molecular formula is C29H48N6OSU. The number of nitrogens with two attached hydrogens (primary N) is 1. The van der Waals surface area contributed by atoms with Crippen LogP contribution in [0.4, 0.5) is 11.6 Å². The van der Waals surface area contributed by atoms with Gasteiger partial charge in [0, 0.05) is 38.3 Å². The Morgan fingerprint density at radius 3 is 2.34 bits per heavy atom. The number of nitrogens with zero attached hydrogens (tertiary/aromatic N) is 4. The molecular weight excluding hydrogens is 718 g/mol. The van der Waals surface area contributed by atoms with Crippen LogP contribution in [-0.2, 0) is 11.0 Å². The smallest absolute Gasteiger partial charge is 0.384 e. The molecule has 9 heteroatoms. The summed E-state index contributed by atoms with van der Waals surface area (Å²) in [4.78, 5) is 13.4. The quantitative estimate of drug-likeness (QED) is 0.240. The molecule has 3 rings (SSSR count). The van der Waals surface area contributed by atoms with Crippen molar-refractivity contribution in [2.75, 3.05) is 43.4 Å². The molecule has 0 amide bonds. The number of hydrogen-bond acceptors (Lipinski definition) is 6. The Labute approximate surface area is 258 Å². The average Bonchev–Trinajstić information content (AvgIpc) is 2.86. The summed E-state index contributed by atoms with van der Waals surface area (Å²) in [6.07, 6.45) is 6.95. The van der Waals surface area contributed by atoms with Gasteiger partial charge in [0.05, 0.1) is 15.7 Å². The van der Waals surface area contributed by atoms with Gasteiger partial charge in [-0.25, -0.2) is 18.9 Å². The van der Waals surface area contributed by atoms with Gasteiger partial charge in [-0.3, -0.25) is 4.90 Å². The number of aryl methyl sites for hydroxylation is 1. The van der Waals surface area contributed by atoms with Crippen LogP contribution in [0.2, 0.25) is 0 Å². The van der Waals surface area contributed by atoms with Gasteiger partial charge in [0.25, 0.3) is 0 Å². The third-order valence-electron chi connectivity index (χ3n) is 6.29. The Morgan fingerprint density at radius 2 is 1.79 bits per heavy atom. The number of nitrogen functional groups attached to an aromatic ring is 1. The summed E-state index contributed by atoms with van der Waals surface area (Å²) in [6, 6.07) is 12.9. The molecule has 0 aliphatic carbocycles. The van der Waals surface area contributed by atoms with Crippen molar-refractivity contribution in [1.82, 2.24) is 19.6 Å². The molecule has 1 aliphatic rings. The van der Waals surface area contributed by atoms with Gasteiger partial charge in [0.2, 0.25) is 0 Å². The van der Waals surface area contributed by atoms with Crippen LogP contribution in [-0.4, -0.2) is 56.5 Å². The molecule has 38 heavy (non-hydrogen) atoms. The molecule has 0 radical (unpaired) electrons. The molecule has 210 valence electrons. The van der Waals surface area contributed by atoms with Gasteiger partial charge < -0.3 is 17.6 Å². The van der Waals surface area contributed by atoms with Crippen LogP contribution in [0, 0.1) is 51.0 Å². The molecule has 1 aromatic heterocycles. The second kappa shape index (κ2) is 18.4. The topological polar surface area (TPSA) is 87.4 Å². The molecule has 1 aliphatic heterocycles. The molecule has 2 aromatic rings. The zero-order valence-corrected chi connectivity index (χ0v) is 29.1. The summed E-state index contributed by atoms with van der Waals surface area (Å²) in [5.74, 6) is 2.27. The van der Waals surface area contributed by atoms with Gasteiger partial charge in [-0.05, 0) is 47.1 Å². The summed E-state index contributed by atoms with van der Waals surface area (Å²) in [7, 11) is -1.03. The number of aromatic nitrogens is 2. The maximum absolute atomic E-state index is 12.1. The average molecular weight is 767 g/mol. The second-order valence-electron chi connectivity index (χ2n) is 10.6. The molecule has 2 unspecified atom stereocenters. The van der Waals surface area contributed by atoms with Crippen molar-refractivity contribution in [1.29, 1.82) is 0 Å². The number of anilines is 2. The van der Waals surface area contributed by atoms with E-state index < -0.39 is 11.0 Å². The number of unbranched alkanes of at least 4 members (excludes halogenated alkanes) is 3. The third kappa shape index (κ3) is 12.9. The summed E-state index contributed by atoms with van der Waals surface area (Å²) in [5.41, 5.74) is 6.98. The van der Waals surface area contributed by atoms with E-state index in [0.29, 0.717) is 5.82 Å². The SMILES string of the molecule is CCCC(NS(=O)C(C)(C)C)c1cc[c-]cc1.[CH2-]CCCCCN1CCN(c2cc(N)nc(C)n2)CC1.[U+2]. The molecule has 7 nitrogen and oxygen atoms in total. The first-order chi connectivity index (χ1) is 17.6. The van der Waals surface area contributed by atoms with E-state index in [1.807, 2.05) is 58.0 Å². The van der Waals surface area contributed by atoms with Crippen LogP contribution >= 0.6 is 0 Å². The van der Waals surface area contributed by atoms with E-state index in [-0.39, 0.29) is 41.9 Å².